The molecular weight excluding hydrogens is 388 g/mol. The van der Waals surface area contributed by atoms with E-state index in [9.17, 15) is 14.4 Å². The van der Waals surface area contributed by atoms with Gasteiger partial charge in [-0.3, -0.25) is 9.59 Å². The number of hydrogen-bond donors (Lipinski definition) is 6. The van der Waals surface area contributed by atoms with Crippen LogP contribution in [0.3, 0.4) is 0 Å². The molecule has 27 heavy (non-hydrogen) atoms. The van der Waals surface area contributed by atoms with Crippen LogP contribution in [0.4, 0.5) is 4.79 Å². The van der Waals surface area contributed by atoms with E-state index in [1.807, 2.05) is 6.92 Å². The molecule has 1 aliphatic rings. The highest BCUT2D eigenvalue weighted by atomic mass is 32.2. The number of urea groups is 1. The summed E-state index contributed by atoms with van der Waals surface area (Å²) in [4.78, 5) is 33.4. The van der Waals surface area contributed by atoms with Gasteiger partial charge in [0.15, 0.2) is 0 Å². The van der Waals surface area contributed by atoms with Crippen LogP contribution in [0.15, 0.2) is 0 Å². The maximum atomic E-state index is 11.7. The molecule has 10 heteroatoms. The molecule has 1 aliphatic heterocycles. The maximum absolute atomic E-state index is 11.7. The molecule has 6 N–H and O–H groups in total. The van der Waals surface area contributed by atoms with Crippen LogP contribution in [0.1, 0.15) is 45.4 Å². The zero-order chi connectivity index (χ0) is 20.7. The quantitative estimate of drug-likeness (QED) is 0.195. The Bertz CT molecular complexity index is 455. The van der Waals surface area contributed by atoms with E-state index in [0.717, 1.165) is 30.8 Å². The molecule has 3 atom stereocenters. The largest absolute Gasteiger partial charge is 0.480 e. The Morgan fingerprint density at radius 1 is 1.26 bits per heavy atom. The van der Waals surface area contributed by atoms with Crippen LogP contribution in [0, 0.1) is 0 Å². The molecule has 158 valence electrons. The van der Waals surface area contributed by atoms with Crippen LogP contribution >= 0.6 is 24.4 Å². The van der Waals surface area contributed by atoms with Gasteiger partial charge in [-0.25, -0.2) is 4.79 Å². The molecule has 0 radical (unpaired) electrons. The van der Waals surface area contributed by atoms with Gasteiger partial charge in [0.1, 0.15) is 6.04 Å². The van der Waals surface area contributed by atoms with Gasteiger partial charge in [-0.05, 0) is 51.0 Å². The van der Waals surface area contributed by atoms with Crippen molar-refractivity contribution in [2.45, 2.75) is 63.6 Å². The number of nitrogens with one attached hydrogen (secondary N) is 3. The zero-order valence-electron chi connectivity index (χ0n) is 16.2. The molecule has 1 heterocycles. The Labute approximate surface area is 171 Å². The van der Waals surface area contributed by atoms with Gasteiger partial charge in [0.25, 0.3) is 0 Å². The molecule has 0 aromatic carbocycles. The molecule has 1 rings (SSSR count). The predicted molar refractivity (Wildman–Crippen MR) is 113 cm³/mol. The lowest BCUT2D eigenvalue weighted by atomic mass is 10.1. The second-order valence-corrected chi connectivity index (χ2v) is 7.49. The zero-order valence-corrected chi connectivity index (χ0v) is 17.9. The van der Waals surface area contributed by atoms with Gasteiger partial charge in [0, 0.05) is 24.8 Å². The van der Waals surface area contributed by atoms with Crippen LogP contribution in [0.25, 0.3) is 0 Å². The second kappa shape index (κ2) is 15.9. The number of amides is 3. The Morgan fingerprint density at radius 3 is 2.56 bits per heavy atom. The van der Waals surface area contributed by atoms with E-state index in [2.05, 4.69) is 28.6 Å². The van der Waals surface area contributed by atoms with Crippen molar-refractivity contribution in [1.82, 2.24) is 16.0 Å². The van der Waals surface area contributed by atoms with Gasteiger partial charge in [-0.2, -0.15) is 24.4 Å². The van der Waals surface area contributed by atoms with E-state index in [0.29, 0.717) is 25.8 Å². The monoisotopic (exact) mass is 422 g/mol. The number of thiol groups is 1. The standard InChI is InChI=1S/C16H30N4O4S.CH4S/c1-11-13(20-16(24)19-11)10-25-9-5-3-7-14(21)18-8-4-2-6-12(17)15(22)23;1-2/h11-13H,2-10,17H2,1H3,(H,18,21)(H,22,23)(H2,19,20,24);2H,1H3. The Hall–Kier alpha value is -1.13. The first-order valence-corrected chi connectivity index (χ1v) is 11.3. The van der Waals surface area contributed by atoms with Crippen molar-refractivity contribution in [2.75, 3.05) is 24.3 Å². The third-order valence-electron chi connectivity index (χ3n) is 4.10. The summed E-state index contributed by atoms with van der Waals surface area (Å²) in [5, 5.41) is 17.2. The molecule has 0 spiro atoms. The number of rotatable bonds is 13. The number of hydrogen-bond acceptors (Lipinski definition) is 6. The van der Waals surface area contributed by atoms with Crippen LogP contribution in [0.5, 0.6) is 0 Å². The number of carbonyl (C=O) groups is 3. The normalized spacial score (nSPS) is 19.3. The average molecular weight is 423 g/mol. The molecule has 0 saturated carbocycles. The summed E-state index contributed by atoms with van der Waals surface area (Å²) in [5.74, 6) is 0.903. The summed E-state index contributed by atoms with van der Waals surface area (Å²) >= 11 is 5.32. The van der Waals surface area contributed by atoms with Crippen LogP contribution in [-0.2, 0) is 9.59 Å². The summed E-state index contributed by atoms with van der Waals surface area (Å²) in [7, 11) is 0. The van der Waals surface area contributed by atoms with E-state index in [1.165, 1.54) is 0 Å². The lowest BCUT2D eigenvalue weighted by Gasteiger charge is -2.13. The van der Waals surface area contributed by atoms with E-state index < -0.39 is 12.0 Å². The van der Waals surface area contributed by atoms with Gasteiger partial charge >= 0.3 is 12.0 Å². The highest BCUT2D eigenvalue weighted by molar-refractivity contribution is 7.99. The van der Waals surface area contributed by atoms with Crippen molar-refractivity contribution in [3.63, 3.8) is 0 Å². The van der Waals surface area contributed by atoms with Crippen molar-refractivity contribution in [3.05, 3.63) is 0 Å². The van der Waals surface area contributed by atoms with Crippen molar-refractivity contribution < 1.29 is 19.5 Å². The fourth-order valence-corrected chi connectivity index (χ4v) is 3.66. The van der Waals surface area contributed by atoms with Gasteiger partial charge < -0.3 is 26.8 Å². The fourth-order valence-electron chi connectivity index (χ4n) is 2.46. The number of carboxylic acid groups (broad SMARTS) is 1. The van der Waals surface area contributed by atoms with Gasteiger partial charge in [-0.15, -0.1) is 0 Å². The minimum absolute atomic E-state index is 0.0356. The number of nitrogens with two attached hydrogens (primary N) is 1. The Balaban J connectivity index is 0.00000326. The third kappa shape index (κ3) is 12.8. The molecule has 3 amide bonds. The number of carbonyl (C=O) groups excluding carboxylic acids is 2. The topological polar surface area (TPSA) is 134 Å². The van der Waals surface area contributed by atoms with E-state index >= 15 is 0 Å². The molecule has 1 saturated heterocycles. The Morgan fingerprint density at radius 2 is 1.96 bits per heavy atom. The molecule has 0 aromatic heterocycles. The lowest BCUT2D eigenvalue weighted by Crippen LogP contribution is -2.33. The third-order valence-corrected chi connectivity index (χ3v) is 5.27. The molecule has 0 aliphatic carbocycles. The number of thioether (sulfide) groups is 1. The second-order valence-electron chi connectivity index (χ2n) is 6.34. The molecule has 0 bridgehead atoms. The minimum Gasteiger partial charge on any atom is -0.480 e. The highest BCUT2D eigenvalue weighted by Crippen LogP contribution is 2.12. The lowest BCUT2D eigenvalue weighted by molar-refractivity contribution is -0.138. The first-order chi connectivity index (χ1) is 12.9. The smallest absolute Gasteiger partial charge is 0.320 e. The van der Waals surface area contributed by atoms with E-state index in [1.54, 1.807) is 18.0 Å². The average Bonchev–Trinajstić information content (AvgIpc) is 2.96. The van der Waals surface area contributed by atoms with Crippen LogP contribution < -0.4 is 21.7 Å². The van der Waals surface area contributed by atoms with Crippen molar-refractivity contribution in [3.8, 4) is 0 Å². The SMILES string of the molecule is CC1NC(=O)NC1CSCCCCC(=O)NCCCCC(N)C(=O)O.CS. The Kier molecular flexibility index (Phi) is 15.2. The summed E-state index contributed by atoms with van der Waals surface area (Å²) in [6.07, 6.45) is 5.87. The summed E-state index contributed by atoms with van der Waals surface area (Å²) < 4.78 is 0. The van der Waals surface area contributed by atoms with Gasteiger partial charge in [0.05, 0.1) is 6.04 Å². The highest BCUT2D eigenvalue weighted by Gasteiger charge is 2.27. The molecule has 0 aromatic rings. The minimum atomic E-state index is -0.983. The maximum Gasteiger partial charge on any atom is 0.320 e. The number of carboxylic acids is 1. The van der Waals surface area contributed by atoms with Crippen LogP contribution in [0.2, 0.25) is 0 Å². The fraction of sp³-hybridized carbons (Fsp3) is 0.824. The van der Waals surface area contributed by atoms with Crippen molar-refractivity contribution in [1.29, 1.82) is 0 Å². The molecule has 1 fully saturated rings. The number of aliphatic carboxylic acids is 1. The van der Waals surface area contributed by atoms with Crippen molar-refractivity contribution >= 4 is 42.3 Å². The van der Waals surface area contributed by atoms with E-state index in [-0.39, 0.29) is 24.0 Å². The van der Waals surface area contributed by atoms with Gasteiger partial charge in [0.2, 0.25) is 5.91 Å². The summed E-state index contributed by atoms with van der Waals surface area (Å²) in [6.45, 7) is 2.55. The number of unbranched alkanes of at least 4 members (excludes halogenated alkanes) is 2. The predicted octanol–water partition coefficient (Wildman–Crippen LogP) is 1.20. The summed E-state index contributed by atoms with van der Waals surface area (Å²) in [6, 6.07) is -0.574. The summed E-state index contributed by atoms with van der Waals surface area (Å²) in [5.41, 5.74) is 5.41. The van der Waals surface area contributed by atoms with Crippen LogP contribution in [-0.4, -0.2) is 65.4 Å². The first kappa shape index (κ1) is 25.9. The van der Waals surface area contributed by atoms with Gasteiger partial charge in [-0.1, -0.05) is 0 Å². The van der Waals surface area contributed by atoms with E-state index in [4.69, 9.17) is 10.8 Å². The molecular formula is C17H34N4O4S2. The van der Waals surface area contributed by atoms with Crippen molar-refractivity contribution in [2.24, 2.45) is 5.73 Å². The first-order valence-electron chi connectivity index (χ1n) is 9.24. The molecule has 3 unspecified atom stereocenters. The molecule has 8 nitrogen and oxygen atoms in total.